The van der Waals surface area contributed by atoms with Gasteiger partial charge in [0.25, 0.3) is 0 Å². The van der Waals surface area contributed by atoms with Crippen LogP contribution in [-0.2, 0) is 4.79 Å². The summed E-state index contributed by atoms with van der Waals surface area (Å²) in [6, 6.07) is 2.61. The molecule has 0 heterocycles. The lowest BCUT2D eigenvalue weighted by molar-refractivity contribution is -0.132. The Morgan fingerprint density at radius 3 is 2.33 bits per heavy atom. The van der Waals surface area contributed by atoms with Gasteiger partial charge in [-0.15, -0.1) is 0 Å². The van der Waals surface area contributed by atoms with Gasteiger partial charge in [-0.1, -0.05) is 25.7 Å². The fraction of sp³-hybridized carbons (Fsp3) is 0.867. The molecule has 0 unspecified atom stereocenters. The molecule has 0 aliphatic heterocycles. The van der Waals surface area contributed by atoms with E-state index in [0.717, 1.165) is 19.3 Å². The summed E-state index contributed by atoms with van der Waals surface area (Å²) < 4.78 is 0. The minimum absolute atomic E-state index is 0.305. The third kappa shape index (κ3) is 4.01. The summed E-state index contributed by atoms with van der Waals surface area (Å²) in [6.45, 7) is 0.646. The second-order valence-corrected chi connectivity index (χ2v) is 5.79. The van der Waals surface area contributed by atoms with Crippen LogP contribution in [0.5, 0.6) is 0 Å². The Bertz CT molecular complexity index is 309. The zero-order chi connectivity index (χ0) is 12.8. The molecule has 3 nitrogen and oxygen atoms in total. The van der Waals surface area contributed by atoms with Crippen molar-refractivity contribution in [2.24, 2.45) is 5.92 Å². The lowest BCUT2D eigenvalue weighted by Crippen LogP contribution is -2.35. The van der Waals surface area contributed by atoms with E-state index >= 15 is 0 Å². The first-order chi connectivity index (χ1) is 8.81. The molecular weight excluding hydrogens is 224 g/mol. The minimum Gasteiger partial charge on any atom is -0.339 e. The quantitative estimate of drug-likeness (QED) is 0.701. The maximum absolute atomic E-state index is 12.3. The second kappa shape index (κ2) is 6.78. The van der Waals surface area contributed by atoms with Gasteiger partial charge in [0.1, 0.15) is 0 Å². The number of amides is 1. The van der Waals surface area contributed by atoms with Gasteiger partial charge in [0.05, 0.1) is 12.5 Å². The highest BCUT2D eigenvalue weighted by Gasteiger charge is 2.32. The predicted molar refractivity (Wildman–Crippen MR) is 70.8 cm³/mol. The average molecular weight is 248 g/mol. The Kier molecular flexibility index (Phi) is 5.04. The monoisotopic (exact) mass is 248 g/mol. The van der Waals surface area contributed by atoms with Crippen LogP contribution in [0.25, 0.3) is 0 Å². The van der Waals surface area contributed by atoms with E-state index in [1.807, 2.05) is 4.90 Å². The van der Waals surface area contributed by atoms with Gasteiger partial charge in [0, 0.05) is 19.0 Å². The van der Waals surface area contributed by atoms with Crippen molar-refractivity contribution in [3.05, 3.63) is 0 Å². The number of nitrogens with zero attached hydrogens (tertiary/aromatic N) is 2. The topological polar surface area (TPSA) is 44.1 Å². The number of hydrogen-bond donors (Lipinski definition) is 0. The molecule has 0 atom stereocenters. The Hall–Kier alpha value is -1.04. The normalized spacial score (nSPS) is 21.1. The predicted octanol–water partition coefficient (Wildman–Crippen LogP) is 3.25. The van der Waals surface area contributed by atoms with Crippen LogP contribution in [-0.4, -0.2) is 23.4 Å². The molecule has 0 aromatic carbocycles. The van der Waals surface area contributed by atoms with Crippen molar-refractivity contribution in [1.82, 2.24) is 4.90 Å². The van der Waals surface area contributed by atoms with Crippen molar-refractivity contribution in [2.45, 2.75) is 70.3 Å². The van der Waals surface area contributed by atoms with E-state index in [1.54, 1.807) is 0 Å². The SMILES string of the molecule is N#CCCN(C(=O)CC1CCCCCC1)C1CC1. The van der Waals surface area contributed by atoms with Crippen LogP contribution in [0.2, 0.25) is 0 Å². The molecule has 2 rings (SSSR count). The first-order valence-corrected chi connectivity index (χ1v) is 7.47. The third-order valence-corrected chi connectivity index (χ3v) is 4.21. The van der Waals surface area contributed by atoms with Crippen LogP contribution in [0.4, 0.5) is 0 Å². The molecule has 0 N–H and O–H groups in total. The van der Waals surface area contributed by atoms with Gasteiger partial charge in [0.2, 0.25) is 5.91 Å². The van der Waals surface area contributed by atoms with Crippen molar-refractivity contribution in [2.75, 3.05) is 6.54 Å². The first-order valence-electron chi connectivity index (χ1n) is 7.47. The maximum atomic E-state index is 12.3. The molecule has 0 saturated heterocycles. The second-order valence-electron chi connectivity index (χ2n) is 5.79. The zero-order valence-electron chi connectivity index (χ0n) is 11.2. The standard InChI is InChI=1S/C15H24N2O/c16-10-5-11-17(14-8-9-14)15(18)12-13-6-3-1-2-4-7-13/h13-14H,1-9,11-12H2. The van der Waals surface area contributed by atoms with Gasteiger partial charge in [-0.2, -0.15) is 5.26 Å². The molecule has 2 fully saturated rings. The van der Waals surface area contributed by atoms with E-state index in [9.17, 15) is 4.79 Å². The first kappa shape index (κ1) is 13.4. The number of nitriles is 1. The number of hydrogen-bond acceptors (Lipinski definition) is 2. The molecule has 0 aromatic rings. The van der Waals surface area contributed by atoms with Gasteiger partial charge in [-0.25, -0.2) is 0 Å². The molecule has 18 heavy (non-hydrogen) atoms. The van der Waals surface area contributed by atoms with E-state index in [0.29, 0.717) is 30.8 Å². The number of carbonyl (C=O) groups excluding carboxylic acids is 1. The minimum atomic E-state index is 0.305. The molecule has 2 aliphatic rings. The van der Waals surface area contributed by atoms with Crippen LogP contribution in [0, 0.1) is 17.2 Å². The average Bonchev–Trinajstić information content (AvgIpc) is 3.17. The van der Waals surface area contributed by atoms with Crippen LogP contribution in [0.1, 0.15) is 64.2 Å². The number of rotatable bonds is 5. The van der Waals surface area contributed by atoms with Gasteiger partial charge in [-0.3, -0.25) is 4.79 Å². The van der Waals surface area contributed by atoms with Crippen LogP contribution < -0.4 is 0 Å². The van der Waals surface area contributed by atoms with Gasteiger partial charge < -0.3 is 4.90 Å². The molecule has 0 spiro atoms. The van der Waals surface area contributed by atoms with E-state index in [2.05, 4.69) is 6.07 Å². The summed E-state index contributed by atoms with van der Waals surface area (Å²) in [6.07, 6.45) is 11.2. The van der Waals surface area contributed by atoms with E-state index in [-0.39, 0.29) is 0 Å². The molecule has 2 saturated carbocycles. The third-order valence-electron chi connectivity index (χ3n) is 4.21. The summed E-state index contributed by atoms with van der Waals surface area (Å²) in [5.41, 5.74) is 0. The number of carbonyl (C=O) groups is 1. The highest BCUT2D eigenvalue weighted by molar-refractivity contribution is 5.77. The lowest BCUT2D eigenvalue weighted by atomic mass is 9.96. The smallest absolute Gasteiger partial charge is 0.223 e. The van der Waals surface area contributed by atoms with Gasteiger partial charge in [0.15, 0.2) is 0 Å². The van der Waals surface area contributed by atoms with Crippen LogP contribution in [0.3, 0.4) is 0 Å². The Balaban J connectivity index is 1.81. The molecule has 2 aliphatic carbocycles. The van der Waals surface area contributed by atoms with E-state index in [4.69, 9.17) is 5.26 Å². The molecule has 1 amide bonds. The molecule has 0 radical (unpaired) electrons. The fourth-order valence-electron chi connectivity index (χ4n) is 3.00. The lowest BCUT2D eigenvalue weighted by Gasteiger charge is -2.24. The Morgan fingerprint density at radius 1 is 1.11 bits per heavy atom. The Morgan fingerprint density at radius 2 is 1.78 bits per heavy atom. The molecule has 0 bridgehead atoms. The highest BCUT2D eigenvalue weighted by Crippen LogP contribution is 2.30. The summed E-state index contributed by atoms with van der Waals surface area (Å²) in [5.74, 6) is 0.906. The van der Waals surface area contributed by atoms with Crippen molar-refractivity contribution < 1.29 is 4.79 Å². The largest absolute Gasteiger partial charge is 0.339 e. The molecule has 0 aromatic heterocycles. The van der Waals surface area contributed by atoms with Crippen LogP contribution >= 0.6 is 0 Å². The van der Waals surface area contributed by atoms with Gasteiger partial charge >= 0.3 is 0 Å². The Labute approximate surface area is 110 Å². The summed E-state index contributed by atoms with van der Waals surface area (Å²) in [4.78, 5) is 14.3. The summed E-state index contributed by atoms with van der Waals surface area (Å²) in [7, 11) is 0. The van der Waals surface area contributed by atoms with E-state index < -0.39 is 0 Å². The zero-order valence-corrected chi connectivity index (χ0v) is 11.2. The summed E-state index contributed by atoms with van der Waals surface area (Å²) >= 11 is 0. The highest BCUT2D eigenvalue weighted by atomic mass is 16.2. The van der Waals surface area contributed by atoms with Crippen molar-refractivity contribution >= 4 is 5.91 Å². The summed E-state index contributed by atoms with van der Waals surface area (Å²) in [5, 5.41) is 8.67. The maximum Gasteiger partial charge on any atom is 0.223 e. The molecule has 3 heteroatoms. The van der Waals surface area contributed by atoms with Crippen molar-refractivity contribution in [3.63, 3.8) is 0 Å². The molecular formula is C15H24N2O. The van der Waals surface area contributed by atoms with Crippen molar-refractivity contribution in [3.8, 4) is 6.07 Å². The van der Waals surface area contributed by atoms with Gasteiger partial charge in [-0.05, 0) is 31.6 Å². The fourth-order valence-corrected chi connectivity index (χ4v) is 3.00. The van der Waals surface area contributed by atoms with Crippen molar-refractivity contribution in [1.29, 1.82) is 5.26 Å². The van der Waals surface area contributed by atoms with E-state index in [1.165, 1.54) is 38.5 Å². The van der Waals surface area contributed by atoms with Crippen LogP contribution in [0.15, 0.2) is 0 Å². The molecule has 100 valence electrons.